The van der Waals surface area contributed by atoms with Crippen molar-refractivity contribution in [1.29, 1.82) is 0 Å². The van der Waals surface area contributed by atoms with Gasteiger partial charge in [0, 0.05) is 10.6 Å². The number of carbonyl (C=O) groups excluding carboxylic acids is 1. The molecule has 4 nitrogen and oxygen atoms in total. The molecule has 6 heteroatoms. The summed E-state index contributed by atoms with van der Waals surface area (Å²) in [4.78, 5) is 11.9. The lowest BCUT2D eigenvalue weighted by Gasteiger charge is -2.14. The summed E-state index contributed by atoms with van der Waals surface area (Å²) >= 11 is 11.9. The van der Waals surface area contributed by atoms with Crippen LogP contribution in [0.25, 0.3) is 0 Å². The molecule has 1 N–H and O–H groups in total. The van der Waals surface area contributed by atoms with Crippen molar-refractivity contribution in [1.82, 2.24) is 5.43 Å². The van der Waals surface area contributed by atoms with Gasteiger partial charge in [0.2, 0.25) is 0 Å². The minimum Gasteiger partial charge on any atom is -0.483 e. The van der Waals surface area contributed by atoms with Crippen molar-refractivity contribution in [2.75, 3.05) is 6.61 Å². The van der Waals surface area contributed by atoms with Crippen molar-refractivity contribution in [3.05, 3.63) is 63.1 Å². The number of rotatable bonds is 6. The number of hydrazone groups is 1. The second-order valence-corrected chi connectivity index (χ2v) is 6.79. The summed E-state index contributed by atoms with van der Waals surface area (Å²) in [6, 6.07) is 11.0. The Hall–Kier alpha value is -2.04. The predicted molar refractivity (Wildman–Crippen MR) is 103 cm³/mol. The fourth-order valence-corrected chi connectivity index (χ4v) is 2.66. The molecule has 0 spiro atoms. The molecule has 2 rings (SSSR count). The SMILES string of the molecule is Cc1ccc(C(C)C)c(OCC(=O)NN=Cc2ccc(Cl)cc2Cl)c1. The number of aryl methyl sites for hydroxylation is 1. The zero-order chi connectivity index (χ0) is 18.4. The molecule has 0 unspecified atom stereocenters. The summed E-state index contributed by atoms with van der Waals surface area (Å²) in [5.41, 5.74) is 5.22. The first-order chi connectivity index (χ1) is 11.9. The van der Waals surface area contributed by atoms with Gasteiger partial charge in [-0.25, -0.2) is 5.43 Å². The van der Waals surface area contributed by atoms with Crippen LogP contribution in [0.4, 0.5) is 0 Å². The third kappa shape index (κ3) is 5.76. The summed E-state index contributed by atoms with van der Waals surface area (Å²) in [7, 11) is 0. The molecule has 0 aliphatic rings. The van der Waals surface area contributed by atoms with Gasteiger partial charge in [0.15, 0.2) is 6.61 Å². The average Bonchev–Trinajstić information content (AvgIpc) is 2.54. The van der Waals surface area contributed by atoms with Crippen LogP contribution in [0.2, 0.25) is 10.0 Å². The zero-order valence-electron chi connectivity index (χ0n) is 14.3. The Morgan fingerprint density at radius 2 is 2.00 bits per heavy atom. The van der Waals surface area contributed by atoms with Crippen molar-refractivity contribution in [2.24, 2.45) is 5.10 Å². The molecule has 132 valence electrons. The maximum Gasteiger partial charge on any atom is 0.277 e. The highest BCUT2D eigenvalue weighted by atomic mass is 35.5. The van der Waals surface area contributed by atoms with Crippen LogP contribution < -0.4 is 10.2 Å². The highest BCUT2D eigenvalue weighted by Gasteiger charge is 2.10. The molecule has 0 aliphatic carbocycles. The smallest absolute Gasteiger partial charge is 0.277 e. The number of amides is 1. The minimum absolute atomic E-state index is 0.116. The highest BCUT2D eigenvalue weighted by Crippen LogP contribution is 2.27. The standard InChI is InChI=1S/C19H20Cl2N2O2/c1-12(2)16-7-4-13(3)8-18(16)25-11-19(24)23-22-10-14-5-6-15(20)9-17(14)21/h4-10,12H,11H2,1-3H3,(H,23,24). The third-order valence-corrected chi connectivity index (χ3v) is 4.07. The lowest BCUT2D eigenvalue weighted by Crippen LogP contribution is -2.25. The number of halogens is 2. The first-order valence-corrected chi connectivity index (χ1v) is 8.62. The van der Waals surface area contributed by atoms with Crippen molar-refractivity contribution >= 4 is 35.3 Å². The van der Waals surface area contributed by atoms with E-state index in [9.17, 15) is 4.79 Å². The molecular formula is C19H20Cl2N2O2. The molecule has 2 aromatic rings. The van der Waals surface area contributed by atoms with Crippen molar-refractivity contribution < 1.29 is 9.53 Å². The summed E-state index contributed by atoms with van der Waals surface area (Å²) in [5.74, 6) is 0.677. The van der Waals surface area contributed by atoms with Gasteiger partial charge in [-0.15, -0.1) is 0 Å². The van der Waals surface area contributed by atoms with Gasteiger partial charge in [-0.1, -0.05) is 55.2 Å². The molecule has 0 saturated carbocycles. The topological polar surface area (TPSA) is 50.7 Å². The van der Waals surface area contributed by atoms with E-state index in [-0.39, 0.29) is 12.5 Å². The second-order valence-electron chi connectivity index (χ2n) is 5.94. The maximum absolute atomic E-state index is 11.9. The number of hydrogen-bond donors (Lipinski definition) is 1. The van der Waals surface area contributed by atoms with Crippen LogP contribution in [0.1, 0.15) is 36.5 Å². The number of ether oxygens (including phenoxy) is 1. The Morgan fingerprint density at radius 3 is 2.68 bits per heavy atom. The molecule has 25 heavy (non-hydrogen) atoms. The first kappa shape index (κ1) is 19.3. The summed E-state index contributed by atoms with van der Waals surface area (Å²) in [6.45, 7) is 6.03. The first-order valence-electron chi connectivity index (χ1n) is 7.87. The molecule has 0 heterocycles. The van der Waals surface area contributed by atoms with Gasteiger partial charge in [-0.05, 0) is 42.2 Å². The molecule has 1 amide bonds. The molecule has 0 atom stereocenters. The normalized spacial score (nSPS) is 11.1. The molecule has 2 aromatic carbocycles. The Kier molecular flexibility index (Phi) is 6.85. The number of hydrogen-bond acceptors (Lipinski definition) is 3. The number of carbonyl (C=O) groups is 1. The molecule has 0 aliphatic heterocycles. The van der Waals surface area contributed by atoms with Gasteiger partial charge < -0.3 is 4.74 Å². The quantitative estimate of drug-likeness (QED) is 0.570. The molecule has 0 fully saturated rings. The van der Waals surface area contributed by atoms with Gasteiger partial charge in [0.25, 0.3) is 5.91 Å². The number of nitrogens with one attached hydrogen (secondary N) is 1. The monoisotopic (exact) mass is 378 g/mol. The van der Waals surface area contributed by atoms with Gasteiger partial charge in [0.1, 0.15) is 5.75 Å². The van der Waals surface area contributed by atoms with E-state index in [2.05, 4.69) is 24.4 Å². The molecule has 0 aromatic heterocycles. The summed E-state index contributed by atoms with van der Waals surface area (Å²) < 4.78 is 5.65. The largest absolute Gasteiger partial charge is 0.483 e. The van der Waals surface area contributed by atoms with E-state index >= 15 is 0 Å². The van der Waals surface area contributed by atoms with Crippen LogP contribution in [0.5, 0.6) is 5.75 Å². The van der Waals surface area contributed by atoms with Crippen LogP contribution in [-0.2, 0) is 4.79 Å². The van der Waals surface area contributed by atoms with Crippen molar-refractivity contribution in [2.45, 2.75) is 26.7 Å². The van der Waals surface area contributed by atoms with Crippen LogP contribution in [0.15, 0.2) is 41.5 Å². The number of benzene rings is 2. The van der Waals surface area contributed by atoms with E-state index < -0.39 is 0 Å². The Bertz CT molecular complexity index is 789. The van der Waals surface area contributed by atoms with Gasteiger partial charge in [-0.2, -0.15) is 5.10 Å². The Balaban J connectivity index is 1.93. The van der Waals surface area contributed by atoms with Crippen LogP contribution in [0, 0.1) is 6.92 Å². The lowest BCUT2D eigenvalue weighted by atomic mass is 10.0. The Morgan fingerprint density at radius 1 is 1.24 bits per heavy atom. The lowest BCUT2D eigenvalue weighted by molar-refractivity contribution is -0.123. The van der Waals surface area contributed by atoms with Crippen molar-refractivity contribution in [3.8, 4) is 5.75 Å². The Labute approximate surface area is 157 Å². The van der Waals surface area contributed by atoms with Gasteiger partial charge >= 0.3 is 0 Å². The second kappa shape index (κ2) is 8.88. The van der Waals surface area contributed by atoms with E-state index in [4.69, 9.17) is 27.9 Å². The van der Waals surface area contributed by atoms with E-state index in [0.29, 0.717) is 21.5 Å². The van der Waals surface area contributed by atoms with Crippen molar-refractivity contribution in [3.63, 3.8) is 0 Å². The zero-order valence-corrected chi connectivity index (χ0v) is 15.9. The molecular weight excluding hydrogens is 359 g/mol. The highest BCUT2D eigenvalue weighted by molar-refractivity contribution is 6.36. The van der Waals surface area contributed by atoms with E-state index in [1.807, 2.05) is 25.1 Å². The molecule has 0 radical (unpaired) electrons. The molecule has 0 saturated heterocycles. The summed E-state index contributed by atoms with van der Waals surface area (Å²) in [6.07, 6.45) is 1.46. The number of nitrogens with zero attached hydrogens (tertiary/aromatic N) is 1. The van der Waals surface area contributed by atoms with Gasteiger partial charge in [-0.3, -0.25) is 4.79 Å². The fraction of sp³-hybridized carbons (Fsp3) is 0.263. The summed E-state index contributed by atoms with van der Waals surface area (Å²) in [5, 5.41) is 4.89. The molecule has 0 bridgehead atoms. The van der Waals surface area contributed by atoms with Crippen LogP contribution in [0.3, 0.4) is 0 Å². The predicted octanol–water partition coefficient (Wildman–Crippen LogP) is 4.95. The average molecular weight is 379 g/mol. The maximum atomic E-state index is 11.9. The van der Waals surface area contributed by atoms with Crippen LogP contribution in [-0.4, -0.2) is 18.7 Å². The van der Waals surface area contributed by atoms with E-state index in [1.165, 1.54) is 6.21 Å². The fourth-order valence-electron chi connectivity index (χ4n) is 2.20. The minimum atomic E-state index is -0.349. The van der Waals surface area contributed by atoms with E-state index in [0.717, 1.165) is 16.9 Å². The third-order valence-electron chi connectivity index (χ3n) is 3.51. The van der Waals surface area contributed by atoms with Gasteiger partial charge in [0.05, 0.1) is 11.2 Å². The van der Waals surface area contributed by atoms with Crippen LogP contribution >= 0.6 is 23.2 Å². The van der Waals surface area contributed by atoms with E-state index in [1.54, 1.807) is 18.2 Å².